The topological polar surface area (TPSA) is 64.6 Å². The fourth-order valence-corrected chi connectivity index (χ4v) is 2.32. The molecule has 0 aliphatic rings. The molecule has 0 aliphatic heterocycles. The summed E-state index contributed by atoms with van der Waals surface area (Å²) in [4.78, 5) is 23.5. The van der Waals surface area contributed by atoms with E-state index < -0.39 is 5.97 Å². The molecule has 5 heteroatoms. The molecule has 0 unspecified atom stereocenters. The monoisotopic (exact) mass is 339 g/mol. The van der Waals surface area contributed by atoms with Crippen molar-refractivity contribution in [3.05, 3.63) is 77.9 Å². The van der Waals surface area contributed by atoms with Crippen LogP contribution in [0, 0.1) is 0 Å². The summed E-state index contributed by atoms with van der Waals surface area (Å²) in [6.07, 6.45) is 2.83. The summed E-state index contributed by atoms with van der Waals surface area (Å²) in [5.41, 5.74) is 1.83. The van der Waals surface area contributed by atoms with Crippen LogP contribution >= 0.6 is 0 Å². The molecule has 1 atom stereocenters. The molecule has 0 saturated carbocycles. The molecule has 1 amide bonds. The van der Waals surface area contributed by atoms with Crippen molar-refractivity contribution in [2.75, 3.05) is 13.7 Å². The van der Waals surface area contributed by atoms with Crippen LogP contribution in [0.2, 0.25) is 0 Å². The fourth-order valence-electron chi connectivity index (χ4n) is 2.32. The second-order valence-corrected chi connectivity index (χ2v) is 5.29. The number of carbonyl (C=O) groups excluding carboxylic acids is 2. The zero-order valence-corrected chi connectivity index (χ0v) is 14.3. The highest BCUT2D eigenvalue weighted by molar-refractivity contribution is 5.85. The predicted octanol–water partition coefficient (Wildman–Crippen LogP) is 3.02. The van der Waals surface area contributed by atoms with Crippen molar-refractivity contribution in [1.82, 2.24) is 5.32 Å². The molecular weight excluding hydrogens is 318 g/mol. The van der Waals surface area contributed by atoms with Gasteiger partial charge in [0.05, 0.1) is 13.2 Å². The van der Waals surface area contributed by atoms with E-state index in [9.17, 15) is 9.59 Å². The van der Waals surface area contributed by atoms with E-state index in [1.807, 2.05) is 54.6 Å². The van der Waals surface area contributed by atoms with Gasteiger partial charge >= 0.3 is 5.97 Å². The second-order valence-electron chi connectivity index (χ2n) is 5.29. The Balaban J connectivity index is 2.14. The van der Waals surface area contributed by atoms with Crippen molar-refractivity contribution in [3.63, 3.8) is 0 Å². The first-order chi connectivity index (χ1) is 12.1. The van der Waals surface area contributed by atoms with Crippen molar-refractivity contribution in [2.45, 2.75) is 13.0 Å². The van der Waals surface area contributed by atoms with Gasteiger partial charge in [0.15, 0.2) is 6.61 Å². The van der Waals surface area contributed by atoms with Crippen molar-refractivity contribution in [3.8, 4) is 5.75 Å². The minimum atomic E-state index is -0.543. The molecule has 0 aliphatic carbocycles. The van der Waals surface area contributed by atoms with E-state index in [4.69, 9.17) is 9.47 Å². The number of allylic oxidation sites excluding steroid dienone is 1. The Morgan fingerprint density at radius 2 is 1.68 bits per heavy atom. The number of benzene rings is 2. The van der Waals surface area contributed by atoms with Gasteiger partial charge in [-0.15, -0.1) is 0 Å². The maximum Gasteiger partial charge on any atom is 0.330 e. The molecule has 5 nitrogen and oxygen atoms in total. The van der Waals surface area contributed by atoms with Gasteiger partial charge in [-0.25, -0.2) is 4.79 Å². The first-order valence-corrected chi connectivity index (χ1v) is 7.91. The Hall–Kier alpha value is -3.08. The first kappa shape index (κ1) is 18.3. The lowest BCUT2D eigenvalue weighted by Crippen LogP contribution is -2.32. The minimum absolute atomic E-state index is 0.331. The van der Waals surface area contributed by atoms with Crippen molar-refractivity contribution >= 4 is 11.9 Å². The van der Waals surface area contributed by atoms with Gasteiger partial charge in [0.2, 0.25) is 0 Å². The molecule has 0 radical (unpaired) electrons. The quantitative estimate of drug-likeness (QED) is 0.622. The number of ether oxygens (including phenoxy) is 2. The summed E-state index contributed by atoms with van der Waals surface area (Å²) in [5, 5.41) is 2.90. The summed E-state index contributed by atoms with van der Waals surface area (Å²) in [5.74, 6) is -0.178. The highest BCUT2D eigenvalue weighted by Crippen LogP contribution is 2.24. The molecule has 2 rings (SSSR count). The SMILES string of the molecule is C/C=C/C(=O)OCC(=O)N[C@@H](c1ccccc1)c1ccc(OC)cc1. The van der Waals surface area contributed by atoms with Gasteiger partial charge in [-0.3, -0.25) is 4.79 Å². The van der Waals surface area contributed by atoms with Crippen LogP contribution in [0.1, 0.15) is 24.1 Å². The molecule has 1 N–H and O–H groups in total. The number of methoxy groups -OCH3 is 1. The third-order valence-electron chi connectivity index (χ3n) is 3.54. The van der Waals surface area contributed by atoms with Crippen LogP contribution in [0.3, 0.4) is 0 Å². The number of hydrogen-bond donors (Lipinski definition) is 1. The lowest BCUT2D eigenvalue weighted by atomic mass is 9.98. The highest BCUT2D eigenvalue weighted by atomic mass is 16.5. The maximum absolute atomic E-state index is 12.2. The third kappa shape index (κ3) is 5.49. The molecule has 0 heterocycles. The molecule has 0 aromatic heterocycles. The summed E-state index contributed by atoms with van der Waals surface area (Å²) in [6.45, 7) is 1.37. The van der Waals surface area contributed by atoms with Crippen LogP contribution in [-0.4, -0.2) is 25.6 Å². The largest absolute Gasteiger partial charge is 0.497 e. The molecule has 2 aromatic rings. The molecule has 0 bridgehead atoms. The number of esters is 1. The van der Waals surface area contributed by atoms with Gasteiger partial charge in [0.25, 0.3) is 5.91 Å². The highest BCUT2D eigenvalue weighted by Gasteiger charge is 2.17. The van der Waals surface area contributed by atoms with Crippen LogP contribution < -0.4 is 10.1 Å². The molecule has 25 heavy (non-hydrogen) atoms. The van der Waals surface area contributed by atoms with E-state index in [1.165, 1.54) is 6.08 Å². The third-order valence-corrected chi connectivity index (χ3v) is 3.54. The van der Waals surface area contributed by atoms with Gasteiger partial charge in [0.1, 0.15) is 5.75 Å². The molecule has 0 spiro atoms. The first-order valence-electron chi connectivity index (χ1n) is 7.91. The molecule has 130 valence electrons. The zero-order valence-electron chi connectivity index (χ0n) is 14.3. The number of rotatable bonds is 7. The van der Waals surface area contributed by atoms with E-state index in [1.54, 1.807) is 20.1 Å². The van der Waals surface area contributed by atoms with E-state index in [0.29, 0.717) is 0 Å². The van der Waals surface area contributed by atoms with Gasteiger partial charge in [0, 0.05) is 6.08 Å². The van der Waals surface area contributed by atoms with Crippen LogP contribution in [-0.2, 0) is 14.3 Å². The molecule has 0 fully saturated rings. The van der Waals surface area contributed by atoms with Crippen LogP contribution in [0.5, 0.6) is 5.75 Å². The van der Waals surface area contributed by atoms with Crippen molar-refractivity contribution < 1.29 is 19.1 Å². The number of hydrogen-bond acceptors (Lipinski definition) is 4. The molecule has 2 aromatic carbocycles. The fraction of sp³-hybridized carbons (Fsp3) is 0.200. The average molecular weight is 339 g/mol. The Morgan fingerprint density at radius 1 is 1.04 bits per heavy atom. The van der Waals surface area contributed by atoms with Crippen molar-refractivity contribution in [1.29, 1.82) is 0 Å². The summed E-state index contributed by atoms with van der Waals surface area (Å²) < 4.78 is 10.1. The second kappa shape index (κ2) is 9.27. The number of carbonyl (C=O) groups is 2. The number of nitrogens with one attached hydrogen (secondary N) is 1. The van der Waals surface area contributed by atoms with Crippen LogP contribution in [0.4, 0.5) is 0 Å². The molecule has 0 saturated heterocycles. The van der Waals surface area contributed by atoms with Crippen LogP contribution in [0.15, 0.2) is 66.7 Å². The molecular formula is C20H21NO4. The lowest BCUT2D eigenvalue weighted by molar-refractivity contribution is -0.144. The predicted molar refractivity (Wildman–Crippen MR) is 95.2 cm³/mol. The van der Waals surface area contributed by atoms with E-state index >= 15 is 0 Å². The van der Waals surface area contributed by atoms with Crippen molar-refractivity contribution in [2.24, 2.45) is 0 Å². The summed E-state index contributed by atoms with van der Waals surface area (Å²) in [6, 6.07) is 16.7. The standard InChI is InChI=1S/C20H21NO4/c1-3-7-19(23)25-14-18(22)21-20(15-8-5-4-6-9-15)16-10-12-17(24-2)13-11-16/h3-13,20H,14H2,1-2H3,(H,21,22)/b7-3+/t20-/m0/s1. The van der Waals surface area contributed by atoms with E-state index in [0.717, 1.165) is 16.9 Å². The minimum Gasteiger partial charge on any atom is -0.497 e. The van der Waals surface area contributed by atoms with Gasteiger partial charge < -0.3 is 14.8 Å². The summed E-state index contributed by atoms with van der Waals surface area (Å²) >= 11 is 0. The summed E-state index contributed by atoms with van der Waals surface area (Å²) in [7, 11) is 1.60. The normalized spacial score (nSPS) is 11.8. The Morgan fingerprint density at radius 3 is 2.28 bits per heavy atom. The van der Waals surface area contributed by atoms with Gasteiger partial charge in [-0.2, -0.15) is 0 Å². The lowest BCUT2D eigenvalue weighted by Gasteiger charge is -2.20. The average Bonchev–Trinajstić information content (AvgIpc) is 2.65. The van der Waals surface area contributed by atoms with Gasteiger partial charge in [-0.05, 0) is 30.2 Å². The number of amides is 1. The van der Waals surface area contributed by atoms with E-state index in [-0.39, 0.29) is 18.6 Å². The smallest absolute Gasteiger partial charge is 0.330 e. The Labute approximate surface area is 147 Å². The van der Waals surface area contributed by atoms with Crippen LogP contribution in [0.25, 0.3) is 0 Å². The Kier molecular flexibility index (Phi) is 6.77. The van der Waals surface area contributed by atoms with Gasteiger partial charge in [-0.1, -0.05) is 48.5 Å². The van der Waals surface area contributed by atoms with E-state index in [2.05, 4.69) is 5.32 Å². The maximum atomic E-state index is 12.2. The zero-order chi connectivity index (χ0) is 18.1. The Bertz CT molecular complexity index is 723.